The molecule has 0 bridgehead atoms. The van der Waals surface area contributed by atoms with Crippen LogP contribution in [0.25, 0.3) is 0 Å². The zero-order valence-corrected chi connectivity index (χ0v) is 12.8. The number of amides is 2. The van der Waals surface area contributed by atoms with Crippen molar-refractivity contribution < 1.29 is 19.1 Å². The van der Waals surface area contributed by atoms with Crippen LogP contribution in [0.3, 0.4) is 0 Å². The smallest absolute Gasteiger partial charge is 0.416 e. The Labute approximate surface area is 127 Å². The first-order valence-electron chi connectivity index (χ1n) is 6.67. The van der Waals surface area contributed by atoms with Crippen LogP contribution in [0.2, 0.25) is 0 Å². The first-order valence-corrected chi connectivity index (χ1v) is 7.65. The van der Waals surface area contributed by atoms with Crippen LogP contribution in [0.4, 0.5) is 4.79 Å². The number of hydrogen-bond acceptors (Lipinski definition) is 5. The van der Waals surface area contributed by atoms with Crippen LogP contribution in [0, 0.1) is 6.92 Å². The first kappa shape index (κ1) is 15.6. The minimum atomic E-state index is -0.607. The number of hydrogen-bond donors (Lipinski definition) is 0. The molecule has 21 heavy (non-hydrogen) atoms. The highest BCUT2D eigenvalue weighted by molar-refractivity contribution is 8.13. The van der Waals surface area contributed by atoms with Crippen molar-refractivity contribution in [3.63, 3.8) is 0 Å². The summed E-state index contributed by atoms with van der Waals surface area (Å²) in [7, 11) is 0. The quantitative estimate of drug-likeness (QED) is 0.854. The van der Waals surface area contributed by atoms with Gasteiger partial charge in [-0.15, -0.1) is 0 Å². The summed E-state index contributed by atoms with van der Waals surface area (Å²) >= 11 is 1.09. The third-order valence-electron chi connectivity index (χ3n) is 3.26. The van der Waals surface area contributed by atoms with Gasteiger partial charge >= 0.3 is 6.09 Å². The van der Waals surface area contributed by atoms with E-state index in [9.17, 15) is 14.4 Å². The molecule has 1 atom stereocenters. The van der Waals surface area contributed by atoms with Gasteiger partial charge in [-0.1, -0.05) is 41.6 Å². The van der Waals surface area contributed by atoms with Gasteiger partial charge in [0, 0.05) is 12.7 Å². The lowest BCUT2D eigenvalue weighted by Gasteiger charge is -2.20. The molecule has 1 aliphatic rings. The van der Waals surface area contributed by atoms with Crippen LogP contribution in [0.1, 0.15) is 24.0 Å². The standard InChI is InChI=1S/C15H17NO4S/c1-10-3-5-12(6-4-10)13(9-21-11(2)17)14(18)16-7-8-20-15(16)19/h3-6,13H,7-9H2,1-2H3/t13-/m1/s1. The van der Waals surface area contributed by atoms with E-state index in [1.165, 1.54) is 6.92 Å². The summed E-state index contributed by atoms with van der Waals surface area (Å²) < 4.78 is 4.81. The molecular weight excluding hydrogens is 290 g/mol. The van der Waals surface area contributed by atoms with Crippen LogP contribution in [0.5, 0.6) is 0 Å². The van der Waals surface area contributed by atoms with Gasteiger partial charge in [-0.05, 0) is 12.5 Å². The second-order valence-electron chi connectivity index (χ2n) is 4.87. The summed E-state index contributed by atoms with van der Waals surface area (Å²) in [6, 6.07) is 7.55. The second-order valence-corrected chi connectivity index (χ2v) is 6.07. The number of thioether (sulfide) groups is 1. The fraction of sp³-hybridized carbons (Fsp3) is 0.400. The van der Waals surface area contributed by atoms with E-state index in [1.807, 2.05) is 31.2 Å². The van der Waals surface area contributed by atoms with E-state index in [-0.39, 0.29) is 24.2 Å². The van der Waals surface area contributed by atoms with Crippen molar-refractivity contribution in [3.05, 3.63) is 35.4 Å². The second kappa shape index (κ2) is 6.76. The van der Waals surface area contributed by atoms with Crippen molar-refractivity contribution in [1.82, 2.24) is 4.90 Å². The maximum Gasteiger partial charge on any atom is 0.416 e. The Morgan fingerprint density at radius 2 is 2.00 bits per heavy atom. The topological polar surface area (TPSA) is 63.7 Å². The van der Waals surface area contributed by atoms with Gasteiger partial charge < -0.3 is 4.74 Å². The zero-order chi connectivity index (χ0) is 15.4. The molecule has 1 aliphatic heterocycles. The monoisotopic (exact) mass is 307 g/mol. The fourth-order valence-electron chi connectivity index (χ4n) is 2.09. The number of carbonyl (C=O) groups is 3. The molecule has 0 aliphatic carbocycles. The van der Waals surface area contributed by atoms with Crippen molar-refractivity contribution in [3.8, 4) is 0 Å². The molecule has 0 unspecified atom stereocenters. The highest BCUT2D eigenvalue weighted by Gasteiger charge is 2.34. The van der Waals surface area contributed by atoms with Crippen LogP contribution in [-0.4, -0.2) is 40.9 Å². The van der Waals surface area contributed by atoms with Gasteiger partial charge in [-0.3, -0.25) is 9.59 Å². The molecule has 2 amide bonds. The number of imide groups is 1. The Balaban J connectivity index is 2.22. The van der Waals surface area contributed by atoms with E-state index in [4.69, 9.17) is 4.74 Å². The lowest BCUT2D eigenvalue weighted by molar-refractivity contribution is -0.128. The van der Waals surface area contributed by atoms with E-state index in [0.29, 0.717) is 5.75 Å². The van der Waals surface area contributed by atoms with Crippen LogP contribution in [-0.2, 0) is 14.3 Å². The van der Waals surface area contributed by atoms with E-state index < -0.39 is 12.0 Å². The van der Waals surface area contributed by atoms with Gasteiger partial charge in [0.1, 0.15) is 6.61 Å². The van der Waals surface area contributed by atoms with Gasteiger partial charge in [0.2, 0.25) is 5.91 Å². The third kappa shape index (κ3) is 3.85. The largest absolute Gasteiger partial charge is 0.447 e. The van der Waals surface area contributed by atoms with Gasteiger partial charge in [-0.2, -0.15) is 0 Å². The first-order chi connectivity index (χ1) is 9.99. The molecule has 1 heterocycles. The highest BCUT2D eigenvalue weighted by Crippen LogP contribution is 2.25. The number of rotatable bonds is 4. The molecule has 1 aromatic carbocycles. The molecule has 0 aromatic heterocycles. The van der Waals surface area contributed by atoms with Crippen molar-refractivity contribution in [2.75, 3.05) is 18.9 Å². The lowest BCUT2D eigenvalue weighted by atomic mass is 9.98. The van der Waals surface area contributed by atoms with Gasteiger partial charge in [0.05, 0.1) is 12.5 Å². The Morgan fingerprint density at radius 1 is 1.33 bits per heavy atom. The van der Waals surface area contributed by atoms with Gasteiger partial charge in [-0.25, -0.2) is 9.69 Å². The molecule has 6 heteroatoms. The zero-order valence-electron chi connectivity index (χ0n) is 12.0. The summed E-state index contributed by atoms with van der Waals surface area (Å²) in [5.74, 6) is -0.513. The van der Waals surface area contributed by atoms with Crippen molar-refractivity contribution in [1.29, 1.82) is 0 Å². The number of ether oxygens (including phenoxy) is 1. The number of aryl methyl sites for hydroxylation is 1. The number of nitrogens with zero attached hydrogens (tertiary/aromatic N) is 1. The highest BCUT2D eigenvalue weighted by atomic mass is 32.2. The summed E-state index contributed by atoms with van der Waals surface area (Å²) in [6.07, 6.45) is -0.607. The third-order valence-corrected chi connectivity index (χ3v) is 4.16. The summed E-state index contributed by atoms with van der Waals surface area (Å²) in [4.78, 5) is 36.4. The molecule has 0 N–H and O–H groups in total. The molecular formula is C15H17NO4S. The molecule has 1 fully saturated rings. The van der Waals surface area contributed by atoms with E-state index in [1.54, 1.807) is 0 Å². The molecule has 1 saturated heterocycles. The normalized spacial score (nSPS) is 15.7. The molecule has 1 aromatic rings. The number of benzene rings is 1. The SMILES string of the molecule is CC(=O)SC[C@@H](C(=O)N1CCOC1=O)c1ccc(C)cc1. The summed E-state index contributed by atoms with van der Waals surface area (Å²) in [5.41, 5.74) is 1.89. The fourth-order valence-corrected chi connectivity index (χ4v) is 2.83. The molecule has 112 valence electrons. The predicted molar refractivity (Wildman–Crippen MR) is 80.1 cm³/mol. The van der Waals surface area contributed by atoms with E-state index in [0.717, 1.165) is 27.8 Å². The maximum absolute atomic E-state index is 12.6. The lowest BCUT2D eigenvalue weighted by Crippen LogP contribution is -2.36. The molecule has 2 rings (SSSR count). The summed E-state index contributed by atoms with van der Waals surface area (Å²) in [6.45, 7) is 3.92. The van der Waals surface area contributed by atoms with Crippen LogP contribution >= 0.6 is 11.8 Å². The number of cyclic esters (lactones) is 1. The van der Waals surface area contributed by atoms with Gasteiger partial charge in [0.15, 0.2) is 5.12 Å². The van der Waals surface area contributed by atoms with Crippen LogP contribution < -0.4 is 0 Å². The molecule has 0 radical (unpaired) electrons. The maximum atomic E-state index is 12.6. The van der Waals surface area contributed by atoms with E-state index in [2.05, 4.69) is 0 Å². The Bertz CT molecular complexity index is 555. The minimum absolute atomic E-state index is 0.0519. The van der Waals surface area contributed by atoms with Crippen LogP contribution in [0.15, 0.2) is 24.3 Å². The molecule has 0 spiro atoms. The van der Waals surface area contributed by atoms with Gasteiger partial charge in [0.25, 0.3) is 0 Å². The van der Waals surface area contributed by atoms with Crippen molar-refractivity contribution in [2.24, 2.45) is 0 Å². The predicted octanol–water partition coefficient (Wildman–Crippen LogP) is 2.34. The Kier molecular flexibility index (Phi) is 5.01. The van der Waals surface area contributed by atoms with Crippen molar-refractivity contribution >= 4 is 28.9 Å². The average molecular weight is 307 g/mol. The minimum Gasteiger partial charge on any atom is -0.447 e. The molecule has 0 saturated carbocycles. The van der Waals surface area contributed by atoms with Crippen molar-refractivity contribution in [2.45, 2.75) is 19.8 Å². The number of carbonyl (C=O) groups excluding carboxylic acids is 3. The average Bonchev–Trinajstić information content (AvgIpc) is 2.86. The molecule has 5 nitrogen and oxygen atoms in total. The van der Waals surface area contributed by atoms with E-state index >= 15 is 0 Å². The Morgan fingerprint density at radius 3 is 2.52 bits per heavy atom. The summed E-state index contributed by atoms with van der Waals surface area (Å²) in [5, 5.41) is -0.0519. The Hall–Kier alpha value is -1.82.